The van der Waals surface area contributed by atoms with Gasteiger partial charge in [-0.2, -0.15) is 5.10 Å². The van der Waals surface area contributed by atoms with Crippen LogP contribution in [0.5, 0.6) is 0 Å². The van der Waals surface area contributed by atoms with Crippen molar-refractivity contribution in [1.29, 1.82) is 0 Å². The molecular formula is C29H31F2N5O2. The Hall–Kier alpha value is -3.85. The summed E-state index contributed by atoms with van der Waals surface area (Å²) in [6, 6.07) is 11.1. The predicted octanol–water partition coefficient (Wildman–Crippen LogP) is 5.25. The molecule has 0 unspecified atom stereocenters. The minimum atomic E-state index is -1.65. The van der Waals surface area contributed by atoms with Gasteiger partial charge in [-0.25, -0.2) is 23.2 Å². The lowest BCUT2D eigenvalue weighted by atomic mass is 9.80. The zero-order valence-corrected chi connectivity index (χ0v) is 21.3. The number of hydrogen-bond acceptors (Lipinski definition) is 4. The summed E-state index contributed by atoms with van der Waals surface area (Å²) >= 11 is 0. The molecule has 1 aliphatic rings. The van der Waals surface area contributed by atoms with E-state index in [1.165, 1.54) is 36.2 Å². The van der Waals surface area contributed by atoms with Gasteiger partial charge in [0, 0.05) is 30.1 Å². The quantitative estimate of drug-likeness (QED) is 0.328. The number of aromatic nitrogens is 5. The van der Waals surface area contributed by atoms with Gasteiger partial charge >= 0.3 is 5.69 Å². The van der Waals surface area contributed by atoms with E-state index < -0.39 is 23.2 Å². The van der Waals surface area contributed by atoms with Crippen LogP contribution in [0.3, 0.4) is 0 Å². The SMILES string of the molecule is C[C@@H](C/C=C/c1ccc(-n2ccn(C3CCCC3)c2=O)cc1)[C@](O)(Cn1cncn1)c1ccc(F)cc1F. The van der Waals surface area contributed by atoms with Crippen molar-refractivity contribution in [2.45, 2.75) is 57.2 Å². The zero-order valence-electron chi connectivity index (χ0n) is 21.3. The summed E-state index contributed by atoms with van der Waals surface area (Å²) in [5.74, 6) is -1.95. The highest BCUT2D eigenvalue weighted by Gasteiger charge is 2.38. The minimum absolute atomic E-state index is 0.00892. The topological polar surface area (TPSA) is 77.9 Å². The molecule has 0 amide bonds. The third-order valence-electron chi connectivity index (χ3n) is 7.58. The molecule has 0 radical (unpaired) electrons. The van der Waals surface area contributed by atoms with Gasteiger partial charge in [0.1, 0.15) is 29.9 Å². The highest BCUT2D eigenvalue weighted by atomic mass is 19.1. The van der Waals surface area contributed by atoms with E-state index in [0.717, 1.165) is 36.2 Å². The Morgan fingerprint density at radius 2 is 1.89 bits per heavy atom. The molecule has 38 heavy (non-hydrogen) atoms. The van der Waals surface area contributed by atoms with Crippen molar-refractivity contribution in [3.63, 3.8) is 0 Å². The molecule has 2 atom stereocenters. The van der Waals surface area contributed by atoms with Crippen LogP contribution >= 0.6 is 0 Å². The first-order chi connectivity index (χ1) is 18.3. The number of rotatable bonds is 9. The normalized spacial score (nSPS) is 16.7. The van der Waals surface area contributed by atoms with Crippen LogP contribution in [0.25, 0.3) is 11.8 Å². The fourth-order valence-corrected chi connectivity index (χ4v) is 5.30. The van der Waals surface area contributed by atoms with Crippen molar-refractivity contribution in [3.8, 4) is 5.69 Å². The molecule has 0 spiro atoms. The Morgan fingerprint density at radius 1 is 1.13 bits per heavy atom. The van der Waals surface area contributed by atoms with Gasteiger partial charge in [0.15, 0.2) is 0 Å². The van der Waals surface area contributed by atoms with Gasteiger partial charge in [-0.1, -0.05) is 50.1 Å². The van der Waals surface area contributed by atoms with E-state index >= 15 is 0 Å². The summed E-state index contributed by atoms with van der Waals surface area (Å²) in [7, 11) is 0. The van der Waals surface area contributed by atoms with Crippen LogP contribution < -0.4 is 5.69 Å². The fraction of sp³-hybridized carbons (Fsp3) is 0.345. The van der Waals surface area contributed by atoms with Gasteiger partial charge in [0.25, 0.3) is 0 Å². The van der Waals surface area contributed by atoms with Crippen LogP contribution in [-0.2, 0) is 12.1 Å². The standard InChI is InChI=1S/C29H31F2N5O2/c1-21(29(38,18-34-20-32-19-33-34)26-14-11-23(30)17-27(26)31)5-4-6-22-9-12-25(13-10-22)36-16-15-35(28(36)37)24-7-2-3-8-24/h4,6,9-17,19-21,24,38H,2-3,5,7-8,18H2,1H3/b6-4+/t21-,29+/m0/s1. The third kappa shape index (κ3) is 5.24. The van der Waals surface area contributed by atoms with Crippen LogP contribution in [0.2, 0.25) is 0 Å². The molecular weight excluding hydrogens is 488 g/mol. The summed E-state index contributed by atoms with van der Waals surface area (Å²) in [5.41, 5.74) is 0.0689. The summed E-state index contributed by atoms with van der Waals surface area (Å²) in [5, 5.41) is 15.7. The molecule has 0 bridgehead atoms. The Labute approximate surface area is 219 Å². The van der Waals surface area contributed by atoms with Crippen molar-refractivity contribution in [2.75, 3.05) is 0 Å². The Balaban J connectivity index is 1.30. The molecule has 1 fully saturated rings. The molecule has 5 rings (SSSR count). The van der Waals surface area contributed by atoms with E-state index in [4.69, 9.17) is 0 Å². The number of nitrogens with zero attached hydrogens (tertiary/aromatic N) is 5. The monoisotopic (exact) mass is 519 g/mol. The molecule has 0 saturated heterocycles. The molecule has 4 aromatic rings. The Bertz CT molecular complexity index is 1450. The number of aliphatic hydroxyl groups is 1. The smallest absolute Gasteiger partial charge is 0.332 e. The summed E-state index contributed by atoms with van der Waals surface area (Å²) in [6.45, 7) is 1.78. The fourth-order valence-electron chi connectivity index (χ4n) is 5.30. The van der Waals surface area contributed by atoms with Gasteiger partial charge in [0.2, 0.25) is 0 Å². The molecule has 2 aromatic heterocycles. The van der Waals surface area contributed by atoms with E-state index in [-0.39, 0.29) is 17.8 Å². The highest BCUT2D eigenvalue weighted by Crippen LogP contribution is 2.36. The molecule has 9 heteroatoms. The van der Waals surface area contributed by atoms with E-state index in [2.05, 4.69) is 10.1 Å². The Kier molecular flexibility index (Phi) is 7.37. The molecule has 198 valence electrons. The van der Waals surface area contributed by atoms with Crippen molar-refractivity contribution in [3.05, 3.63) is 107 Å². The summed E-state index contributed by atoms with van der Waals surface area (Å²) in [4.78, 5) is 16.8. The second kappa shape index (κ2) is 10.9. The number of benzene rings is 2. The van der Waals surface area contributed by atoms with Crippen LogP contribution in [0, 0.1) is 17.6 Å². The molecule has 1 saturated carbocycles. The first-order valence-corrected chi connectivity index (χ1v) is 12.9. The second-order valence-electron chi connectivity index (χ2n) is 10.1. The first-order valence-electron chi connectivity index (χ1n) is 12.9. The van der Waals surface area contributed by atoms with Crippen molar-refractivity contribution in [2.24, 2.45) is 5.92 Å². The lowest BCUT2D eigenvalue weighted by Crippen LogP contribution is -2.39. The van der Waals surface area contributed by atoms with Gasteiger partial charge in [-0.3, -0.25) is 9.13 Å². The number of allylic oxidation sites excluding steroid dienone is 1. The molecule has 2 heterocycles. The number of hydrogen-bond donors (Lipinski definition) is 1. The molecule has 0 aliphatic heterocycles. The largest absolute Gasteiger partial charge is 0.383 e. The Morgan fingerprint density at radius 3 is 2.58 bits per heavy atom. The maximum Gasteiger partial charge on any atom is 0.332 e. The maximum absolute atomic E-state index is 14.7. The highest BCUT2D eigenvalue weighted by molar-refractivity contribution is 5.52. The average molecular weight is 520 g/mol. The minimum Gasteiger partial charge on any atom is -0.383 e. The van der Waals surface area contributed by atoms with Crippen LogP contribution in [0.1, 0.15) is 56.2 Å². The molecule has 1 N–H and O–H groups in total. The molecule has 2 aromatic carbocycles. The van der Waals surface area contributed by atoms with Crippen molar-refractivity contribution >= 4 is 6.08 Å². The van der Waals surface area contributed by atoms with Gasteiger partial charge < -0.3 is 5.11 Å². The van der Waals surface area contributed by atoms with E-state index in [1.807, 2.05) is 60.3 Å². The lowest BCUT2D eigenvalue weighted by Gasteiger charge is -2.34. The number of imidazole rings is 1. The van der Waals surface area contributed by atoms with E-state index in [1.54, 1.807) is 4.57 Å². The molecule has 7 nitrogen and oxygen atoms in total. The first kappa shape index (κ1) is 25.8. The third-order valence-corrected chi connectivity index (χ3v) is 7.58. The zero-order chi connectivity index (χ0) is 26.7. The van der Waals surface area contributed by atoms with Gasteiger partial charge in [0.05, 0.1) is 12.2 Å². The average Bonchev–Trinajstić information content (AvgIpc) is 3.67. The van der Waals surface area contributed by atoms with Gasteiger partial charge in [-0.15, -0.1) is 0 Å². The molecule has 1 aliphatic carbocycles. The van der Waals surface area contributed by atoms with Crippen molar-refractivity contribution in [1.82, 2.24) is 23.9 Å². The van der Waals surface area contributed by atoms with Gasteiger partial charge in [-0.05, 0) is 48.9 Å². The van der Waals surface area contributed by atoms with Crippen molar-refractivity contribution < 1.29 is 13.9 Å². The maximum atomic E-state index is 14.7. The summed E-state index contributed by atoms with van der Waals surface area (Å²) in [6.07, 6.45) is 15.2. The van der Waals surface area contributed by atoms with Crippen LogP contribution in [-0.4, -0.2) is 29.0 Å². The second-order valence-corrected chi connectivity index (χ2v) is 10.1. The van der Waals surface area contributed by atoms with E-state index in [0.29, 0.717) is 12.5 Å². The summed E-state index contributed by atoms with van der Waals surface area (Å²) < 4.78 is 33.2. The number of halogens is 2. The lowest BCUT2D eigenvalue weighted by molar-refractivity contribution is -0.0379. The van der Waals surface area contributed by atoms with Crippen LogP contribution in [0.15, 0.2) is 78.4 Å². The van der Waals surface area contributed by atoms with E-state index in [9.17, 15) is 18.7 Å². The van der Waals surface area contributed by atoms with Crippen LogP contribution in [0.4, 0.5) is 8.78 Å². The predicted molar refractivity (Wildman–Crippen MR) is 141 cm³/mol.